The molecule has 5 nitrogen and oxygen atoms in total. The van der Waals surface area contributed by atoms with Crippen LogP contribution >= 0.6 is 12.2 Å². The van der Waals surface area contributed by atoms with Crippen molar-refractivity contribution in [3.8, 4) is 11.5 Å². The zero-order valence-electron chi connectivity index (χ0n) is 18.0. The van der Waals surface area contributed by atoms with Gasteiger partial charge in [0, 0.05) is 30.8 Å². The Morgan fingerprint density at radius 2 is 1.72 bits per heavy atom. The highest BCUT2D eigenvalue weighted by Crippen LogP contribution is 2.41. The van der Waals surface area contributed by atoms with Crippen molar-refractivity contribution in [3.05, 3.63) is 108 Å². The van der Waals surface area contributed by atoms with Crippen LogP contribution in [0.15, 0.2) is 91.3 Å². The number of pyridine rings is 1. The summed E-state index contributed by atoms with van der Waals surface area (Å²) in [5.41, 5.74) is 4.23. The van der Waals surface area contributed by atoms with Crippen LogP contribution in [0, 0.1) is 6.92 Å². The summed E-state index contributed by atoms with van der Waals surface area (Å²) in [6.07, 6.45) is 3.88. The van der Waals surface area contributed by atoms with Crippen LogP contribution in [0.4, 0.5) is 5.69 Å². The van der Waals surface area contributed by atoms with Crippen LogP contribution in [-0.2, 0) is 7.05 Å². The van der Waals surface area contributed by atoms with Gasteiger partial charge in [-0.1, -0.05) is 24.3 Å². The molecule has 1 fully saturated rings. The van der Waals surface area contributed by atoms with Crippen molar-refractivity contribution in [2.45, 2.75) is 19.0 Å². The molecule has 4 aromatic rings. The maximum Gasteiger partial charge on any atom is 0.174 e. The minimum absolute atomic E-state index is 0.0273. The van der Waals surface area contributed by atoms with Crippen molar-refractivity contribution >= 4 is 23.0 Å². The lowest BCUT2D eigenvalue weighted by Gasteiger charge is -2.28. The molecule has 0 saturated carbocycles. The first-order chi connectivity index (χ1) is 15.6. The van der Waals surface area contributed by atoms with Crippen molar-refractivity contribution in [1.29, 1.82) is 0 Å². The van der Waals surface area contributed by atoms with Crippen LogP contribution in [0.3, 0.4) is 0 Å². The Bertz CT molecular complexity index is 1240. The molecule has 2 atom stereocenters. The summed E-state index contributed by atoms with van der Waals surface area (Å²) in [4.78, 5) is 6.77. The second-order valence-electron chi connectivity index (χ2n) is 7.90. The number of aromatic nitrogens is 2. The molecule has 2 aromatic carbocycles. The normalized spacial score (nSPS) is 17.9. The quantitative estimate of drug-likeness (QED) is 0.403. The van der Waals surface area contributed by atoms with E-state index in [9.17, 15) is 0 Å². The van der Waals surface area contributed by atoms with Crippen molar-refractivity contribution in [3.63, 3.8) is 0 Å². The van der Waals surface area contributed by atoms with E-state index in [1.807, 2.05) is 67.7 Å². The number of benzene rings is 2. The van der Waals surface area contributed by atoms with Crippen LogP contribution in [-0.4, -0.2) is 14.7 Å². The summed E-state index contributed by atoms with van der Waals surface area (Å²) in [5.74, 6) is 1.65. The molecule has 0 radical (unpaired) electrons. The van der Waals surface area contributed by atoms with Gasteiger partial charge in [0.25, 0.3) is 0 Å². The second-order valence-corrected chi connectivity index (χ2v) is 8.29. The SMILES string of the molecule is Cc1ccccc1Oc1ccc(N2C(=S)N[C@@H](c3ccccn3)[C@H]2c2cccn2C)cc1. The monoisotopic (exact) mass is 440 g/mol. The minimum Gasteiger partial charge on any atom is -0.457 e. The summed E-state index contributed by atoms with van der Waals surface area (Å²) in [7, 11) is 2.06. The van der Waals surface area contributed by atoms with E-state index in [0.29, 0.717) is 5.11 Å². The van der Waals surface area contributed by atoms with Gasteiger partial charge < -0.3 is 19.5 Å². The van der Waals surface area contributed by atoms with Gasteiger partial charge in [0.1, 0.15) is 17.5 Å². The molecular weight excluding hydrogens is 416 g/mol. The molecule has 2 aromatic heterocycles. The van der Waals surface area contributed by atoms with Gasteiger partial charge in [-0.3, -0.25) is 4.98 Å². The van der Waals surface area contributed by atoms with Crippen LogP contribution < -0.4 is 15.0 Å². The molecule has 1 aliphatic heterocycles. The summed E-state index contributed by atoms with van der Waals surface area (Å²) in [6, 6.07) is 26.2. The number of para-hydroxylation sites is 1. The van der Waals surface area contributed by atoms with E-state index in [4.69, 9.17) is 17.0 Å². The lowest BCUT2D eigenvalue weighted by Crippen LogP contribution is -2.30. The molecule has 0 amide bonds. The Hall–Kier alpha value is -3.64. The van der Waals surface area contributed by atoms with Crippen molar-refractivity contribution in [2.24, 2.45) is 7.05 Å². The fraction of sp³-hybridized carbons (Fsp3) is 0.154. The van der Waals surface area contributed by atoms with Gasteiger partial charge in [0.15, 0.2) is 5.11 Å². The first-order valence-corrected chi connectivity index (χ1v) is 11.0. The first-order valence-electron chi connectivity index (χ1n) is 10.6. The minimum atomic E-state index is -0.0554. The van der Waals surface area contributed by atoms with Crippen molar-refractivity contribution in [2.75, 3.05) is 4.90 Å². The van der Waals surface area contributed by atoms with Crippen molar-refractivity contribution in [1.82, 2.24) is 14.9 Å². The maximum atomic E-state index is 6.08. The second kappa shape index (κ2) is 8.48. The Labute approximate surface area is 193 Å². The average molecular weight is 441 g/mol. The van der Waals surface area contributed by atoms with E-state index in [1.54, 1.807) is 0 Å². The van der Waals surface area contributed by atoms with E-state index < -0.39 is 0 Å². The van der Waals surface area contributed by atoms with E-state index in [0.717, 1.165) is 34.1 Å². The zero-order chi connectivity index (χ0) is 22.1. The first kappa shape index (κ1) is 20.3. The van der Waals surface area contributed by atoms with Gasteiger partial charge in [0.05, 0.1) is 11.7 Å². The summed E-state index contributed by atoms with van der Waals surface area (Å²) in [6.45, 7) is 2.04. The Balaban J connectivity index is 1.49. The highest BCUT2D eigenvalue weighted by molar-refractivity contribution is 7.80. The average Bonchev–Trinajstić information content (AvgIpc) is 3.39. The molecule has 1 aliphatic rings. The van der Waals surface area contributed by atoms with Crippen LogP contribution in [0.2, 0.25) is 0 Å². The number of thiocarbonyl (C=S) groups is 1. The van der Waals surface area contributed by atoms with Gasteiger partial charge in [-0.25, -0.2) is 0 Å². The molecule has 0 aliphatic carbocycles. The maximum absolute atomic E-state index is 6.08. The number of aryl methyl sites for hydroxylation is 2. The molecule has 0 bridgehead atoms. The molecular formula is C26H24N4OS. The van der Waals surface area contributed by atoms with E-state index in [2.05, 4.69) is 57.3 Å². The summed E-state index contributed by atoms with van der Waals surface area (Å²) >= 11 is 5.80. The molecule has 1 saturated heterocycles. The molecule has 3 heterocycles. The van der Waals surface area contributed by atoms with Crippen molar-refractivity contribution < 1.29 is 4.74 Å². The lowest BCUT2D eigenvalue weighted by molar-refractivity contribution is 0.479. The van der Waals surface area contributed by atoms with E-state index in [-0.39, 0.29) is 12.1 Å². The summed E-state index contributed by atoms with van der Waals surface area (Å²) < 4.78 is 8.22. The highest BCUT2D eigenvalue weighted by Gasteiger charge is 2.41. The smallest absolute Gasteiger partial charge is 0.174 e. The third-order valence-corrected chi connectivity index (χ3v) is 6.14. The molecule has 160 valence electrons. The van der Waals surface area contributed by atoms with Gasteiger partial charge >= 0.3 is 0 Å². The van der Waals surface area contributed by atoms with Crippen LogP contribution in [0.1, 0.15) is 29.0 Å². The topological polar surface area (TPSA) is 42.3 Å². The number of anilines is 1. The Morgan fingerprint density at radius 1 is 0.938 bits per heavy atom. The van der Waals surface area contributed by atoms with Gasteiger partial charge in [-0.05, 0) is 79.3 Å². The predicted molar refractivity (Wildman–Crippen MR) is 131 cm³/mol. The van der Waals surface area contributed by atoms with Gasteiger partial charge in [0.2, 0.25) is 0 Å². The van der Waals surface area contributed by atoms with Crippen LogP contribution in [0.25, 0.3) is 0 Å². The van der Waals surface area contributed by atoms with Gasteiger partial charge in [-0.15, -0.1) is 0 Å². The predicted octanol–water partition coefficient (Wildman–Crippen LogP) is 5.70. The summed E-state index contributed by atoms with van der Waals surface area (Å²) in [5, 5.41) is 4.18. The lowest BCUT2D eigenvalue weighted by atomic mass is 10.0. The molecule has 0 spiro atoms. The Morgan fingerprint density at radius 3 is 2.41 bits per heavy atom. The third kappa shape index (κ3) is 3.74. The molecule has 6 heteroatoms. The number of nitrogens with one attached hydrogen (secondary N) is 1. The van der Waals surface area contributed by atoms with E-state index >= 15 is 0 Å². The molecule has 0 unspecified atom stereocenters. The zero-order valence-corrected chi connectivity index (χ0v) is 18.8. The van der Waals surface area contributed by atoms with Gasteiger partial charge in [-0.2, -0.15) is 0 Å². The fourth-order valence-electron chi connectivity index (χ4n) is 4.19. The number of nitrogens with zero attached hydrogens (tertiary/aromatic N) is 3. The van der Waals surface area contributed by atoms with E-state index in [1.165, 1.54) is 0 Å². The standard InChI is InChI=1S/C26H24N4OS/c1-18-8-3-4-11-23(18)31-20-14-12-19(13-15-20)30-25(22-10-7-17-29(22)2)24(28-26(30)32)21-9-5-6-16-27-21/h3-17,24-25H,1-2H3,(H,28,32)/t24-,25+/m0/s1. The Kier molecular flexibility index (Phi) is 5.37. The highest BCUT2D eigenvalue weighted by atomic mass is 32.1. The number of hydrogen-bond donors (Lipinski definition) is 1. The number of hydrogen-bond acceptors (Lipinski definition) is 3. The van der Waals surface area contributed by atoms with Crippen LogP contribution in [0.5, 0.6) is 11.5 Å². The molecule has 5 rings (SSSR count). The fourth-order valence-corrected chi connectivity index (χ4v) is 4.53. The molecule has 1 N–H and O–H groups in total. The number of ether oxygens (including phenoxy) is 1. The molecule has 32 heavy (non-hydrogen) atoms. The third-order valence-electron chi connectivity index (χ3n) is 5.82. The number of rotatable bonds is 5. The largest absolute Gasteiger partial charge is 0.457 e.